The van der Waals surface area contributed by atoms with Gasteiger partial charge in [-0.1, -0.05) is 30.3 Å². The summed E-state index contributed by atoms with van der Waals surface area (Å²) in [6.45, 7) is -0.324. The fourth-order valence-corrected chi connectivity index (χ4v) is 3.92. The Bertz CT molecular complexity index is 784. The normalized spacial score (nSPS) is 28.3. The Morgan fingerprint density at radius 3 is 2.41 bits per heavy atom. The van der Waals surface area contributed by atoms with Gasteiger partial charge in [0.1, 0.15) is 18.0 Å². The second kappa shape index (κ2) is 7.60. The van der Waals surface area contributed by atoms with Crippen LogP contribution in [0.3, 0.4) is 0 Å². The summed E-state index contributed by atoms with van der Waals surface area (Å²) >= 11 is 0. The van der Waals surface area contributed by atoms with E-state index in [4.69, 9.17) is 4.74 Å². The Morgan fingerprint density at radius 1 is 1.00 bits per heavy atom. The van der Waals surface area contributed by atoms with Gasteiger partial charge in [-0.15, -0.1) is 0 Å². The summed E-state index contributed by atoms with van der Waals surface area (Å²) < 4.78 is 5.85. The quantitative estimate of drug-likeness (QED) is 0.649. The highest BCUT2D eigenvalue weighted by Gasteiger charge is 2.37. The zero-order valence-corrected chi connectivity index (χ0v) is 15.2. The molecule has 4 N–H and O–H groups in total. The molecule has 27 heavy (non-hydrogen) atoms. The van der Waals surface area contributed by atoms with Gasteiger partial charge >= 0.3 is 0 Å². The van der Waals surface area contributed by atoms with E-state index in [9.17, 15) is 20.4 Å². The molecule has 2 aromatic rings. The zero-order valence-electron chi connectivity index (χ0n) is 15.2. The van der Waals surface area contributed by atoms with Crippen LogP contribution in [-0.2, 0) is 11.2 Å². The molecule has 1 aliphatic carbocycles. The van der Waals surface area contributed by atoms with Gasteiger partial charge in [-0.2, -0.15) is 0 Å². The molecule has 0 bridgehead atoms. The first kappa shape index (κ1) is 18.4. The lowest BCUT2D eigenvalue weighted by Gasteiger charge is -2.36. The molecule has 2 fully saturated rings. The van der Waals surface area contributed by atoms with Crippen molar-refractivity contribution in [1.29, 1.82) is 0 Å². The highest BCUT2D eigenvalue weighted by Crippen LogP contribution is 2.43. The van der Waals surface area contributed by atoms with Crippen molar-refractivity contribution >= 4 is 0 Å². The van der Waals surface area contributed by atoms with Gasteiger partial charge in [0.05, 0.1) is 18.8 Å². The van der Waals surface area contributed by atoms with Crippen LogP contribution >= 0.6 is 0 Å². The first-order chi connectivity index (χ1) is 13.0. The van der Waals surface area contributed by atoms with Crippen LogP contribution in [-0.4, -0.2) is 45.3 Å². The first-order valence-corrected chi connectivity index (χ1v) is 9.58. The Labute approximate surface area is 158 Å². The molecule has 1 saturated carbocycles. The highest BCUT2D eigenvalue weighted by molar-refractivity contribution is 5.41. The number of hydrogen-bond acceptors (Lipinski definition) is 5. The molecule has 4 atom stereocenters. The predicted molar refractivity (Wildman–Crippen MR) is 101 cm³/mol. The van der Waals surface area contributed by atoms with E-state index >= 15 is 0 Å². The second-order valence-corrected chi connectivity index (χ2v) is 7.72. The van der Waals surface area contributed by atoms with E-state index in [1.54, 1.807) is 12.1 Å². The summed E-state index contributed by atoms with van der Waals surface area (Å²) in [6.07, 6.45) is 0.381. The molecular formula is C22H26O5. The van der Waals surface area contributed by atoms with Crippen LogP contribution in [0.15, 0.2) is 42.5 Å². The van der Waals surface area contributed by atoms with Crippen molar-refractivity contribution in [3.05, 3.63) is 64.7 Å². The van der Waals surface area contributed by atoms with Crippen LogP contribution in [0.25, 0.3) is 0 Å². The molecule has 0 unspecified atom stereocenters. The van der Waals surface area contributed by atoms with Crippen LogP contribution in [0, 0.1) is 0 Å². The number of aliphatic hydroxyl groups excluding tert-OH is 3. The average Bonchev–Trinajstić information content (AvgIpc) is 3.51. The van der Waals surface area contributed by atoms with Gasteiger partial charge in [0.25, 0.3) is 0 Å². The lowest BCUT2D eigenvalue weighted by molar-refractivity contribution is -0.181. The average molecular weight is 370 g/mol. The van der Waals surface area contributed by atoms with Crippen molar-refractivity contribution in [2.45, 2.75) is 56.0 Å². The molecule has 1 aliphatic heterocycles. The number of phenols is 1. The number of rotatable bonds is 5. The maximum absolute atomic E-state index is 10.1. The van der Waals surface area contributed by atoms with Gasteiger partial charge in [-0.25, -0.2) is 0 Å². The summed E-state index contributed by atoms with van der Waals surface area (Å²) in [5.74, 6) is 0.865. The standard InChI is InChI=1S/C22H26O5/c23-12-21-22(26)19(25)11-20(27-21)15-5-8-18(14-3-4-14)16(10-15)9-13-1-6-17(24)7-2-13/h1-2,5-8,10,14,19-26H,3-4,9,11-12H2/t19-,20-,21-,22+/m1/s1. The summed E-state index contributed by atoms with van der Waals surface area (Å²) in [6, 6.07) is 13.6. The smallest absolute Gasteiger partial charge is 0.115 e. The number of aromatic hydroxyl groups is 1. The van der Waals surface area contributed by atoms with Gasteiger partial charge in [-0.05, 0) is 59.6 Å². The molecule has 0 spiro atoms. The number of phenolic OH excluding ortho intramolecular Hbond substituents is 1. The van der Waals surface area contributed by atoms with E-state index in [-0.39, 0.29) is 18.5 Å². The number of hydrogen-bond donors (Lipinski definition) is 4. The fourth-order valence-electron chi connectivity index (χ4n) is 3.92. The van der Waals surface area contributed by atoms with Gasteiger partial charge in [-0.3, -0.25) is 0 Å². The van der Waals surface area contributed by atoms with E-state index in [1.807, 2.05) is 18.2 Å². The minimum atomic E-state index is -1.06. The Morgan fingerprint density at radius 2 is 1.74 bits per heavy atom. The maximum atomic E-state index is 10.1. The van der Waals surface area contributed by atoms with E-state index in [0.717, 1.165) is 17.5 Å². The van der Waals surface area contributed by atoms with Crippen molar-refractivity contribution in [2.24, 2.45) is 0 Å². The molecular weight excluding hydrogens is 344 g/mol. The third kappa shape index (κ3) is 4.01. The molecule has 0 aromatic heterocycles. The summed E-state index contributed by atoms with van der Waals surface area (Å²) in [5, 5.41) is 39.0. The van der Waals surface area contributed by atoms with Crippen LogP contribution in [0.4, 0.5) is 0 Å². The predicted octanol–water partition coefficient (Wildman–Crippen LogP) is 2.40. The van der Waals surface area contributed by atoms with Crippen molar-refractivity contribution in [3.8, 4) is 5.75 Å². The third-order valence-electron chi connectivity index (χ3n) is 5.64. The van der Waals surface area contributed by atoms with Crippen LogP contribution in [0.5, 0.6) is 5.75 Å². The number of benzene rings is 2. The summed E-state index contributed by atoms with van der Waals surface area (Å²) in [5.41, 5.74) is 4.66. The number of aliphatic hydroxyl groups is 3. The maximum Gasteiger partial charge on any atom is 0.115 e. The van der Waals surface area contributed by atoms with E-state index in [2.05, 4.69) is 12.1 Å². The molecule has 5 nitrogen and oxygen atoms in total. The molecule has 1 heterocycles. The van der Waals surface area contributed by atoms with Gasteiger partial charge < -0.3 is 25.2 Å². The lowest BCUT2D eigenvalue weighted by Crippen LogP contribution is -2.47. The minimum absolute atomic E-state index is 0.258. The molecule has 1 saturated heterocycles. The summed E-state index contributed by atoms with van der Waals surface area (Å²) in [7, 11) is 0. The van der Waals surface area contributed by atoms with Crippen molar-refractivity contribution in [3.63, 3.8) is 0 Å². The van der Waals surface area contributed by atoms with Crippen LogP contribution in [0.1, 0.15) is 53.5 Å². The molecule has 0 amide bonds. The van der Waals surface area contributed by atoms with Gasteiger partial charge in [0, 0.05) is 6.42 Å². The van der Waals surface area contributed by atoms with Crippen LogP contribution in [0.2, 0.25) is 0 Å². The zero-order chi connectivity index (χ0) is 19.0. The first-order valence-electron chi connectivity index (χ1n) is 9.58. The number of ether oxygens (including phenoxy) is 1. The van der Waals surface area contributed by atoms with Crippen molar-refractivity contribution in [1.82, 2.24) is 0 Å². The Hall–Kier alpha value is -1.92. The highest BCUT2D eigenvalue weighted by atomic mass is 16.5. The van der Waals surface area contributed by atoms with Gasteiger partial charge in [0.2, 0.25) is 0 Å². The van der Waals surface area contributed by atoms with E-state index in [0.29, 0.717) is 12.3 Å². The Kier molecular flexibility index (Phi) is 5.19. The molecule has 4 rings (SSSR count). The monoisotopic (exact) mass is 370 g/mol. The minimum Gasteiger partial charge on any atom is -0.508 e. The fraction of sp³-hybridized carbons (Fsp3) is 0.455. The van der Waals surface area contributed by atoms with Crippen LogP contribution < -0.4 is 0 Å². The molecule has 144 valence electrons. The molecule has 2 aromatic carbocycles. The van der Waals surface area contributed by atoms with E-state index < -0.39 is 18.3 Å². The van der Waals surface area contributed by atoms with E-state index in [1.165, 1.54) is 24.0 Å². The third-order valence-corrected chi connectivity index (χ3v) is 5.64. The van der Waals surface area contributed by atoms with Crippen molar-refractivity contribution < 1.29 is 25.2 Å². The second-order valence-electron chi connectivity index (χ2n) is 7.72. The van der Waals surface area contributed by atoms with Gasteiger partial charge in [0.15, 0.2) is 0 Å². The largest absolute Gasteiger partial charge is 0.508 e. The summed E-state index contributed by atoms with van der Waals surface area (Å²) in [4.78, 5) is 0. The molecule has 0 radical (unpaired) electrons. The molecule has 5 heteroatoms. The molecule has 2 aliphatic rings. The van der Waals surface area contributed by atoms with Crippen molar-refractivity contribution in [2.75, 3.05) is 6.61 Å². The Balaban J connectivity index is 1.61. The lowest BCUT2D eigenvalue weighted by atomic mass is 9.89. The topological polar surface area (TPSA) is 90.2 Å². The SMILES string of the molecule is OC[C@H]1O[C@@H](c2ccc(C3CC3)c(Cc3ccc(O)cc3)c2)C[C@@H](O)[C@@H]1O.